The van der Waals surface area contributed by atoms with Crippen molar-refractivity contribution in [2.24, 2.45) is 0 Å². The summed E-state index contributed by atoms with van der Waals surface area (Å²) in [7, 11) is 4.00. The topological polar surface area (TPSA) is 95.8 Å². The molecule has 1 aliphatic heterocycles. The predicted molar refractivity (Wildman–Crippen MR) is 115 cm³/mol. The lowest BCUT2D eigenvalue weighted by Crippen LogP contribution is -2.47. The average Bonchev–Trinajstić information content (AvgIpc) is 2.73. The van der Waals surface area contributed by atoms with Gasteiger partial charge in [-0.15, -0.1) is 0 Å². The van der Waals surface area contributed by atoms with Gasteiger partial charge in [-0.25, -0.2) is 0 Å². The second kappa shape index (κ2) is 9.23. The third-order valence-electron chi connectivity index (χ3n) is 5.23. The molecule has 3 rings (SSSR count). The molecular formula is C21H23ClN4O4. The Bertz CT molecular complexity index is 979. The van der Waals surface area contributed by atoms with Crippen LogP contribution in [0.3, 0.4) is 0 Å². The number of nitro groups is 1. The molecule has 1 saturated heterocycles. The number of nitro benzene ring substituents is 1. The Labute approximate surface area is 179 Å². The number of para-hydroxylation sites is 1. The summed E-state index contributed by atoms with van der Waals surface area (Å²) in [5, 5.41) is 13.5. The molecule has 1 fully saturated rings. The van der Waals surface area contributed by atoms with Crippen molar-refractivity contribution < 1.29 is 14.5 Å². The number of likely N-dealkylation sites (N-methyl/N-ethyl adjacent to an activating group) is 1. The van der Waals surface area contributed by atoms with E-state index in [0.717, 1.165) is 18.9 Å². The Hall–Kier alpha value is -2.97. The highest BCUT2D eigenvalue weighted by Crippen LogP contribution is 2.25. The van der Waals surface area contributed by atoms with Gasteiger partial charge in [0, 0.05) is 31.3 Å². The number of carbonyl (C=O) groups excluding carboxylic acids is 2. The number of nitrogens with one attached hydrogen (secondary N) is 1. The zero-order chi connectivity index (χ0) is 21.8. The molecule has 0 aliphatic carbocycles. The van der Waals surface area contributed by atoms with E-state index in [2.05, 4.69) is 10.2 Å². The van der Waals surface area contributed by atoms with Crippen molar-refractivity contribution in [1.82, 2.24) is 9.80 Å². The molecule has 30 heavy (non-hydrogen) atoms. The van der Waals surface area contributed by atoms with Crippen LogP contribution in [-0.2, 0) is 0 Å². The molecule has 8 nitrogen and oxygen atoms in total. The van der Waals surface area contributed by atoms with Crippen molar-refractivity contribution in [3.63, 3.8) is 0 Å². The van der Waals surface area contributed by atoms with E-state index in [4.69, 9.17) is 11.6 Å². The van der Waals surface area contributed by atoms with Gasteiger partial charge in [0.05, 0.1) is 26.8 Å². The Morgan fingerprint density at radius 1 is 1.20 bits per heavy atom. The smallest absolute Gasteiger partial charge is 0.270 e. The number of hydrogen-bond acceptors (Lipinski definition) is 5. The van der Waals surface area contributed by atoms with E-state index < -0.39 is 10.8 Å². The summed E-state index contributed by atoms with van der Waals surface area (Å²) >= 11 is 6.06. The number of benzene rings is 2. The molecule has 2 amide bonds. The fourth-order valence-corrected chi connectivity index (χ4v) is 3.76. The van der Waals surface area contributed by atoms with Crippen LogP contribution < -0.4 is 5.32 Å². The number of anilines is 1. The highest BCUT2D eigenvalue weighted by atomic mass is 35.5. The number of hydrogen-bond donors (Lipinski definition) is 1. The van der Waals surface area contributed by atoms with Crippen LogP contribution in [0.5, 0.6) is 0 Å². The summed E-state index contributed by atoms with van der Waals surface area (Å²) < 4.78 is 0. The van der Waals surface area contributed by atoms with Crippen LogP contribution in [0.1, 0.15) is 33.6 Å². The number of piperidine rings is 1. The average molecular weight is 431 g/mol. The maximum Gasteiger partial charge on any atom is 0.270 e. The second-order valence-corrected chi connectivity index (χ2v) is 7.84. The molecule has 1 N–H and O–H groups in total. The molecule has 158 valence electrons. The molecular weight excluding hydrogens is 408 g/mol. The van der Waals surface area contributed by atoms with Gasteiger partial charge in [-0.3, -0.25) is 19.7 Å². The number of rotatable bonds is 5. The van der Waals surface area contributed by atoms with Gasteiger partial charge >= 0.3 is 0 Å². The molecule has 1 heterocycles. The molecule has 0 aromatic heterocycles. The Morgan fingerprint density at radius 2 is 1.93 bits per heavy atom. The first-order valence-electron chi connectivity index (χ1n) is 9.58. The highest BCUT2D eigenvalue weighted by molar-refractivity contribution is 6.34. The second-order valence-electron chi connectivity index (χ2n) is 7.43. The normalized spacial score (nSPS) is 16.4. The summed E-state index contributed by atoms with van der Waals surface area (Å²) in [5.41, 5.74) is 0.653. The zero-order valence-corrected chi connectivity index (χ0v) is 17.6. The molecule has 2 aromatic carbocycles. The van der Waals surface area contributed by atoms with Crippen LogP contribution in [0.25, 0.3) is 0 Å². The number of likely N-dealkylation sites (tertiary alicyclic amines) is 1. The molecule has 0 bridgehead atoms. The van der Waals surface area contributed by atoms with Crippen LogP contribution in [0.2, 0.25) is 5.02 Å². The third-order valence-corrected chi connectivity index (χ3v) is 5.54. The van der Waals surface area contributed by atoms with Crippen molar-refractivity contribution in [2.45, 2.75) is 18.9 Å². The first-order chi connectivity index (χ1) is 14.3. The largest absolute Gasteiger partial charge is 0.337 e. The minimum absolute atomic E-state index is 0.0321. The van der Waals surface area contributed by atoms with E-state index in [-0.39, 0.29) is 22.2 Å². The predicted octanol–water partition coefficient (Wildman–Crippen LogP) is 3.67. The zero-order valence-electron chi connectivity index (χ0n) is 16.8. The molecule has 0 radical (unpaired) electrons. The fourth-order valence-electron chi connectivity index (χ4n) is 3.50. The van der Waals surface area contributed by atoms with Gasteiger partial charge in [0.15, 0.2) is 0 Å². The minimum Gasteiger partial charge on any atom is -0.337 e. The van der Waals surface area contributed by atoms with E-state index in [0.29, 0.717) is 30.4 Å². The first-order valence-corrected chi connectivity index (χ1v) is 9.95. The lowest BCUT2D eigenvalue weighted by molar-refractivity contribution is -0.384. The van der Waals surface area contributed by atoms with Crippen molar-refractivity contribution in [3.05, 3.63) is 68.7 Å². The first kappa shape index (κ1) is 21.7. The van der Waals surface area contributed by atoms with Crippen molar-refractivity contribution >= 4 is 34.8 Å². The maximum absolute atomic E-state index is 13.1. The van der Waals surface area contributed by atoms with E-state index in [1.54, 1.807) is 29.2 Å². The lowest BCUT2D eigenvalue weighted by Gasteiger charge is -2.36. The Balaban J connectivity index is 1.81. The van der Waals surface area contributed by atoms with E-state index in [1.165, 1.54) is 12.1 Å². The van der Waals surface area contributed by atoms with Crippen molar-refractivity contribution in [2.75, 3.05) is 32.5 Å². The number of carbonyl (C=O) groups is 2. The highest BCUT2D eigenvalue weighted by Gasteiger charge is 2.27. The Kier molecular flexibility index (Phi) is 6.69. The molecule has 0 spiro atoms. The third kappa shape index (κ3) is 4.77. The van der Waals surface area contributed by atoms with Crippen LogP contribution in [0.4, 0.5) is 11.4 Å². The molecule has 1 unspecified atom stereocenters. The monoisotopic (exact) mass is 430 g/mol. The molecule has 1 atom stereocenters. The van der Waals surface area contributed by atoms with E-state index >= 15 is 0 Å². The van der Waals surface area contributed by atoms with Crippen LogP contribution in [-0.4, -0.2) is 59.8 Å². The van der Waals surface area contributed by atoms with E-state index in [9.17, 15) is 19.7 Å². The van der Waals surface area contributed by atoms with Gasteiger partial charge in [0.1, 0.15) is 0 Å². The summed E-state index contributed by atoms with van der Waals surface area (Å²) in [6.07, 6.45) is 1.95. The molecule has 9 heteroatoms. The van der Waals surface area contributed by atoms with Crippen molar-refractivity contribution in [3.8, 4) is 0 Å². The molecule has 2 aromatic rings. The summed E-state index contributed by atoms with van der Waals surface area (Å²) in [4.78, 5) is 40.1. The van der Waals surface area contributed by atoms with Crippen LogP contribution in [0, 0.1) is 10.1 Å². The standard InChI is InChI=1S/C21H23ClN4O4/c1-24(2)15-6-5-11-25(13-15)21(28)17-7-3-4-8-19(17)23-20(27)16-10-9-14(26(29)30)12-18(16)22/h3-4,7-10,12,15H,5-6,11,13H2,1-2H3,(H,23,27). The number of nitrogens with zero attached hydrogens (tertiary/aromatic N) is 3. The van der Waals surface area contributed by atoms with Gasteiger partial charge in [0.2, 0.25) is 0 Å². The Morgan fingerprint density at radius 3 is 2.60 bits per heavy atom. The SMILES string of the molecule is CN(C)C1CCCN(C(=O)c2ccccc2NC(=O)c2ccc([N+](=O)[O-])cc2Cl)C1. The quantitative estimate of drug-likeness (QED) is 0.576. The summed E-state index contributed by atoms with van der Waals surface area (Å²) in [5.74, 6) is -0.688. The van der Waals surface area contributed by atoms with Crippen LogP contribution >= 0.6 is 11.6 Å². The van der Waals surface area contributed by atoms with Crippen molar-refractivity contribution in [1.29, 1.82) is 0 Å². The lowest BCUT2D eigenvalue weighted by atomic mass is 10.0. The number of amides is 2. The maximum atomic E-state index is 13.1. The summed E-state index contributed by atoms with van der Waals surface area (Å²) in [6.45, 7) is 1.29. The van der Waals surface area contributed by atoms with E-state index in [1.807, 2.05) is 14.1 Å². The summed E-state index contributed by atoms with van der Waals surface area (Å²) in [6, 6.07) is 10.7. The minimum atomic E-state index is -0.582. The number of non-ortho nitro benzene ring substituents is 1. The van der Waals surface area contributed by atoms with Gasteiger partial charge < -0.3 is 15.1 Å². The number of halogens is 1. The van der Waals surface area contributed by atoms with Gasteiger partial charge in [-0.2, -0.15) is 0 Å². The molecule has 1 aliphatic rings. The van der Waals surface area contributed by atoms with Gasteiger partial charge in [0.25, 0.3) is 17.5 Å². The van der Waals surface area contributed by atoms with Crippen LogP contribution in [0.15, 0.2) is 42.5 Å². The van der Waals surface area contributed by atoms with Gasteiger partial charge in [-0.1, -0.05) is 23.7 Å². The van der Waals surface area contributed by atoms with Gasteiger partial charge in [-0.05, 0) is 45.1 Å². The molecule has 0 saturated carbocycles. The fraction of sp³-hybridized carbons (Fsp3) is 0.333.